The molecular weight excluding hydrogens is 241 g/mol. The molecule has 0 amide bonds. The second-order valence-electron chi connectivity index (χ2n) is 4.69. The van der Waals surface area contributed by atoms with Gasteiger partial charge in [0.1, 0.15) is 11.6 Å². The highest BCUT2D eigenvalue weighted by atomic mass is 35.5. The maximum Gasteiger partial charge on any atom is 0.147 e. The molecule has 17 heavy (non-hydrogen) atoms. The summed E-state index contributed by atoms with van der Waals surface area (Å²) in [5.74, 6) is 0.152. The van der Waals surface area contributed by atoms with Gasteiger partial charge in [0.05, 0.1) is 12.1 Å². The van der Waals surface area contributed by atoms with Crippen molar-refractivity contribution in [3.8, 4) is 5.75 Å². The number of rotatable bonds is 2. The summed E-state index contributed by atoms with van der Waals surface area (Å²) in [7, 11) is 1.54. The van der Waals surface area contributed by atoms with Crippen molar-refractivity contribution in [2.45, 2.75) is 37.6 Å². The Morgan fingerprint density at radius 3 is 2.53 bits per heavy atom. The first-order valence-electron chi connectivity index (χ1n) is 5.89. The molecule has 1 aliphatic rings. The Bertz CT molecular complexity index is 416. The smallest absolute Gasteiger partial charge is 0.147 e. The fourth-order valence-corrected chi connectivity index (χ4v) is 2.71. The minimum absolute atomic E-state index is 0.0785. The van der Waals surface area contributed by atoms with Gasteiger partial charge in [-0.25, -0.2) is 4.39 Å². The van der Waals surface area contributed by atoms with Crippen LogP contribution in [-0.4, -0.2) is 7.11 Å². The molecule has 1 aromatic rings. The summed E-state index contributed by atoms with van der Waals surface area (Å²) >= 11 is 5.87. The van der Waals surface area contributed by atoms with Crippen LogP contribution in [0, 0.1) is 5.82 Å². The van der Waals surface area contributed by atoms with Crippen LogP contribution in [0.25, 0.3) is 0 Å². The minimum Gasteiger partial charge on any atom is -0.497 e. The van der Waals surface area contributed by atoms with Crippen LogP contribution in [0.3, 0.4) is 0 Å². The first-order valence-corrected chi connectivity index (χ1v) is 6.27. The van der Waals surface area contributed by atoms with Gasteiger partial charge in [-0.05, 0) is 18.9 Å². The predicted octanol–water partition coefficient (Wildman–Crippen LogP) is 3.61. The van der Waals surface area contributed by atoms with Crippen LogP contribution in [0.15, 0.2) is 12.1 Å². The lowest BCUT2D eigenvalue weighted by molar-refractivity contribution is 0.291. The van der Waals surface area contributed by atoms with E-state index in [9.17, 15) is 4.39 Å². The zero-order valence-electron chi connectivity index (χ0n) is 9.93. The zero-order chi connectivity index (χ0) is 12.5. The molecule has 0 aliphatic heterocycles. The number of halogens is 2. The van der Waals surface area contributed by atoms with E-state index in [-0.39, 0.29) is 5.02 Å². The van der Waals surface area contributed by atoms with Crippen LogP contribution in [-0.2, 0) is 5.54 Å². The average Bonchev–Trinajstić information content (AvgIpc) is 2.33. The minimum atomic E-state index is -0.597. The van der Waals surface area contributed by atoms with Gasteiger partial charge >= 0.3 is 0 Å². The van der Waals surface area contributed by atoms with E-state index in [1.54, 1.807) is 6.07 Å². The molecule has 2 N–H and O–H groups in total. The predicted molar refractivity (Wildman–Crippen MR) is 66.9 cm³/mol. The highest BCUT2D eigenvalue weighted by Crippen LogP contribution is 2.39. The SMILES string of the molecule is COc1cc(Cl)c(F)c(C2(N)CCCCC2)c1. The molecule has 0 atom stereocenters. The summed E-state index contributed by atoms with van der Waals surface area (Å²) in [6.07, 6.45) is 4.83. The first kappa shape index (κ1) is 12.7. The maximum absolute atomic E-state index is 14.1. The molecule has 1 saturated carbocycles. The summed E-state index contributed by atoms with van der Waals surface area (Å²) in [5.41, 5.74) is 6.21. The Morgan fingerprint density at radius 1 is 1.29 bits per heavy atom. The Morgan fingerprint density at radius 2 is 1.94 bits per heavy atom. The molecule has 4 heteroatoms. The van der Waals surface area contributed by atoms with Crippen molar-refractivity contribution in [3.63, 3.8) is 0 Å². The van der Waals surface area contributed by atoms with Gasteiger partial charge < -0.3 is 10.5 Å². The van der Waals surface area contributed by atoms with E-state index < -0.39 is 11.4 Å². The lowest BCUT2D eigenvalue weighted by Gasteiger charge is -2.34. The highest BCUT2D eigenvalue weighted by molar-refractivity contribution is 6.31. The van der Waals surface area contributed by atoms with Gasteiger partial charge in [0, 0.05) is 17.2 Å². The third-order valence-corrected chi connectivity index (χ3v) is 3.79. The molecule has 1 fully saturated rings. The molecule has 94 valence electrons. The molecule has 0 saturated heterocycles. The van der Waals surface area contributed by atoms with Crippen molar-refractivity contribution >= 4 is 11.6 Å². The Kier molecular flexibility index (Phi) is 3.59. The number of hydrogen-bond acceptors (Lipinski definition) is 2. The molecule has 2 nitrogen and oxygen atoms in total. The van der Waals surface area contributed by atoms with Gasteiger partial charge in [0.15, 0.2) is 0 Å². The van der Waals surface area contributed by atoms with Crippen LogP contribution in [0.1, 0.15) is 37.7 Å². The molecule has 0 heterocycles. The summed E-state index contributed by atoms with van der Waals surface area (Å²) in [5, 5.41) is 0.0785. The molecule has 2 rings (SSSR count). The van der Waals surface area contributed by atoms with Crippen LogP contribution in [0.5, 0.6) is 5.75 Å². The van der Waals surface area contributed by atoms with Crippen molar-refractivity contribution in [1.29, 1.82) is 0 Å². The topological polar surface area (TPSA) is 35.2 Å². The number of methoxy groups -OCH3 is 1. The second kappa shape index (κ2) is 4.83. The Labute approximate surface area is 106 Å². The van der Waals surface area contributed by atoms with Gasteiger partial charge in [0.25, 0.3) is 0 Å². The van der Waals surface area contributed by atoms with E-state index in [4.69, 9.17) is 22.1 Å². The maximum atomic E-state index is 14.1. The fourth-order valence-electron chi connectivity index (χ4n) is 2.50. The standard InChI is InChI=1S/C13H17ClFNO/c1-17-9-7-10(12(15)11(14)8-9)13(16)5-3-2-4-6-13/h7-8H,2-6,16H2,1H3. The van der Waals surface area contributed by atoms with Crippen molar-refractivity contribution in [3.05, 3.63) is 28.5 Å². The van der Waals surface area contributed by atoms with Gasteiger partial charge in [0.2, 0.25) is 0 Å². The van der Waals surface area contributed by atoms with Crippen molar-refractivity contribution in [1.82, 2.24) is 0 Å². The monoisotopic (exact) mass is 257 g/mol. The number of ether oxygens (including phenoxy) is 1. The summed E-state index contributed by atoms with van der Waals surface area (Å²) in [4.78, 5) is 0. The fraction of sp³-hybridized carbons (Fsp3) is 0.538. The quantitative estimate of drug-likeness (QED) is 0.879. The molecule has 0 spiro atoms. The van der Waals surface area contributed by atoms with Crippen LogP contribution in [0.2, 0.25) is 5.02 Å². The van der Waals surface area contributed by atoms with Crippen LogP contribution < -0.4 is 10.5 Å². The van der Waals surface area contributed by atoms with E-state index in [0.29, 0.717) is 11.3 Å². The van der Waals surface area contributed by atoms with E-state index in [0.717, 1.165) is 32.1 Å². The molecule has 0 aromatic heterocycles. The van der Waals surface area contributed by atoms with Crippen molar-refractivity contribution in [2.75, 3.05) is 7.11 Å². The zero-order valence-corrected chi connectivity index (χ0v) is 10.7. The van der Waals surface area contributed by atoms with Crippen molar-refractivity contribution in [2.24, 2.45) is 5.73 Å². The molecule has 0 bridgehead atoms. The third-order valence-electron chi connectivity index (χ3n) is 3.52. The highest BCUT2D eigenvalue weighted by Gasteiger charge is 2.33. The molecule has 1 aromatic carbocycles. The number of benzene rings is 1. The van der Waals surface area contributed by atoms with Gasteiger partial charge in [-0.2, -0.15) is 0 Å². The Balaban J connectivity index is 2.45. The lowest BCUT2D eigenvalue weighted by atomic mass is 9.77. The second-order valence-corrected chi connectivity index (χ2v) is 5.09. The van der Waals surface area contributed by atoms with Crippen LogP contribution in [0.4, 0.5) is 4.39 Å². The van der Waals surface area contributed by atoms with Crippen LogP contribution >= 0.6 is 11.6 Å². The normalized spacial score (nSPS) is 19.1. The van der Waals surface area contributed by atoms with E-state index in [2.05, 4.69) is 0 Å². The largest absolute Gasteiger partial charge is 0.497 e. The summed E-state index contributed by atoms with van der Waals surface area (Å²) < 4.78 is 19.2. The van der Waals surface area contributed by atoms with Gasteiger partial charge in [-0.1, -0.05) is 30.9 Å². The van der Waals surface area contributed by atoms with E-state index in [1.165, 1.54) is 13.2 Å². The summed E-state index contributed by atoms with van der Waals surface area (Å²) in [6.45, 7) is 0. The molecule has 0 unspecified atom stereocenters. The van der Waals surface area contributed by atoms with Gasteiger partial charge in [-0.15, -0.1) is 0 Å². The lowest BCUT2D eigenvalue weighted by Crippen LogP contribution is -2.39. The first-order chi connectivity index (χ1) is 8.07. The van der Waals surface area contributed by atoms with Crippen molar-refractivity contribution < 1.29 is 9.13 Å². The summed E-state index contributed by atoms with van der Waals surface area (Å²) in [6, 6.07) is 3.15. The Hall–Kier alpha value is -0.800. The molecular formula is C13H17ClFNO. The average molecular weight is 258 g/mol. The third kappa shape index (κ3) is 2.40. The van der Waals surface area contributed by atoms with E-state index >= 15 is 0 Å². The number of hydrogen-bond donors (Lipinski definition) is 1. The number of nitrogens with two attached hydrogens (primary N) is 1. The van der Waals surface area contributed by atoms with E-state index in [1.807, 2.05) is 0 Å². The molecule has 0 radical (unpaired) electrons. The molecule has 1 aliphatic carbocycles. The van der Waals surface area contributed by atoms with Gasteiger partial charge in [-0.3, -0.25) is 0 Å².